The highest BCUT2D eigenvalue weighted by molar-refractivity contribution is 5.98. The maximum atomic E-state index is 14.5. The lowest BCUT2D eigenvalue weighted by Gasteiger charge is -2.27. The monoisotopic (exact) mass is 982 g/mol. The fourth-order valence-corrected chi connectivity index (χ4v) is 7.33. The van der Waals surface area contributed by atoms with E-state index in [1.54, 1.807) is 91.1 Å². The Kier molecular flexibility index (Phi) is 21.8. The minimum absolute atomic E-state index is 0.00622. The van der Waals surface area contributed by atoms with Gasteiger partial charge in [0, 0.05) is 43.0 Å². The second-order valence-electron chi connectivity index (χ2n) is 16.5. The zero-order chi connectivity index (χ0) is 51.9. The van der Waals surface area contributed by atoms with Crippen molar-refractivity contribution >= 4 is 70.2 Å². The molecule has 0 radical (unpaired) electrons. The van der Waals surface area contributed by atoms with Crippen LogP contribution in [0, 0.1) is 0 Å². The highest BCUT2D eigenvalue weighted by atomic mass is 16.4. The zero-order valence-corrected chi connectivity index (χ0v) is 38.8. The molecule has 0 aliphatic carbocycles. The third-order valence-electron chi connectivity index (χ3n) is 10.9. The van der Waals surface area contributed by atoms with Crippen molar-refractivity contribution in [3.8, 4) is 0 Å². The second-order valence-corrected chi connectivity index (χ2v) is 16.5. The Labute approximate surface area is 408 Å². The molecule has 0 unspecified atom stereocenters. The predicted octanol–water partition coefficient (Wildman–Crippen LogP) is -2.27. The number of carbonyl (C=O) groups excluding carboxylic acids is 6. The molecule has 0 spiro atoms. The van der Waals surface area contributed by atoms with Gasteiger partial charge in [-0.2, -0.15) is 0 Å². The molecule has 24 heteroatoms. The number of aliphatic carboxylic acids is 2. The summed E-state index contributed by atoms with van der Waals surface area (Å²) in [6, 6.07) is 16.0. The Bertz CT molecular complexity index is 2510. The molecule has 4 rings (SSSR count). The summed E-state index contributed by atoms with van der Waals surface area (Å²) in [5, 5.41) is 34.9. The molecule has 0 saturated heterocycles. The lowest BCUT2D eigenvalue weighted by atomic mass is 10.0. The highest BCUT2D eigenvalue weighted by Gasteiger charge is 2.34. The van der Waals surface area contributed by atoms with Gasteiger partial charge in [0.15, 0.2) is 11.9 Å². The van der Waals surface area contributed by atoms with Crippen molar-refractivity contribution in [2.24, 2.45) is 38.7 Å². The van der Waals surface area contributed by atoms with Crippen molar-refractivity contribution in [3.63, 3.8) is 0 Å². The zero-order valence-electron chi connectivity index (χ0n) is 38.8. The van der Waals surface area contributed by atoms with Crippen LogP contribution in [0.3, 0.4) is 0 Å². The summed E-state index contributed by atoms with van der Waals surface area (Å²) in [5.74, 6) is -8.72. The molecule has 380 valence electrons. The van der Waals surface area contributed by atoms with E-state index in [0.29, 0.717) is 22.0 Å². The number of guanidine groups is 2. The fraction of sp³-hybridized carbons (Fsp3) is 0.362. The largest absolute Gasteiger partial charge is 0.481 e. The van der Waals surface area contributed by atoms with E-state index in [4.69, 9.17) is 28.7 Å². The number of hydrogen-bond acceptors (Lipinski definition) is 11. The Morgan fingerprint density at radius 1 is 0.521 bits per heavy atom. The number of rotatable bonds is 29. The molecule has 0 saturated carbocycles. The lowest BCUT2D eigenvalue weighted by molar-refractivity contribution is -0.141. The molecule has 3 aromatic carbocycles. The summed E-state index contributed by atoms with van der Waals surface area (Å²) in [6.07, 6.45) is 0.579. The van der Waals surface area contributed by atoms with E-state index in [0.717, 1.165) is 5.56 Å². The Morgan fingerprint density at radius 2 is 0.972 bits per heavy atom. The summed E-state index contributed by atoms with van der Waals surface area (Å²) in [7, 11) is 0. The molecule has 1 aromatic heterocycles. The topological polar surface area (TPSA) is 420 Å². The lowest BCUT2D eigenvalue weighted by Crippen LogP contribution is -2.60. The Hall–Kier alpha value is -8.54. The van der Waals surface area contributed by atoms with Crippen LogP contribution < -0.4 is 60.6 Å². The summed E-state index contributed by atoms with van der Waals surface area (Å²) in [4.78, 5) is 118. The van der Waals surface area contributed by atoms with Gasteiger partial charge in [0.05, 0.1) is 12.5 Å². The van der Waals surface area contributed by atoms with Gasteiger partial charge in [-0.25, -0.2) is 0 Å². The number of nitrogens with two attached hydrogens (primary N) is 5. The molecule has 6 amide bonds. The smallest absolute Gasteiger partial charge is 0.322 e. The van der Waals surface area contributed by atoms with Gasteiger partial charge in [-0.15, -0.1) is 0 Å². The molecule has 0 aliphatic rings. The van der Waals surface area contributed by atoms with Crippen molar-refractivity contribution < 1.29 is 48.6 Å². The van der Waals surface area contributed by atoms with Gasteiger partial charge in [-0.05, 0) is 54.9 Å². The number of H-pyrrole nitrogens is 1. The van der Waals surface area contributed by atoms with Gasteiger partial charge in [0.25, 0.3) is 0 Å². The van der Waals surface area contributed by atoms with Crippen LogP contribution in [0.4, 0.5) is 0 Å². The number of hydrogen-bond donors (Lipinski definition) is 14. The van der Waals surface area contributed by atoms with Crippen LogP contribution in [0.5, 0.6) is 0 Å². The summed E-state index contributed by atoms with van der Waals surface area (Å²) in [6.45, 7) is -0.676. The minimum Gasteiger partial charge on any atom is -0.481 e. The van der Waals surface area contributed by atoms with Crippen molar-refractivity contribution in [1.29, 1.82) is 0 Å². The number of amides is 6. The third kappa shape index (κ3) is 19.2. The van der Waals surface area contributed by atoms with Crippen LogP contribution in [0.25, 0.3) is 10.9 Å². The number of para-hydroxylation sites is 1. The van der Waals surface area contributed by atoms with Gasteiger partial charge < -0.3 is 75.8 Å². The highest BCUT2D eigenvalue weighted by Crippen LogP contribution is 2.20. The van der Waals surface area contributed by atoms with Gasteiger partial charge in [-0.1, -0.05) is 78.9 Å². The first-order chi connectivity index (χ1) is 33.9. The first-order valence-corrected chi connectivity index (χ1v) is 22.6. The average Bonchev–Trinajstić information content (AvgIpc) is 3.74. The molecule has 24 nitrogen and oxygen atoms in total. The number of nitrogens with one attached hydrogen (secondary N) is 7. The molecule has 0 fully saturated rings. The van der Waals surface area contributed by atoms with E-state index in [1.807, 2.05) is 0 Å². The Morgan fingerprint density at radius 3 is 1.51 bits per heavy atom. The van der Waals surface area contributed by atoms with E-state index < -0.39 is 96.6 Å². The molecule has 0 aliphatic heterocycles. The molecule has 6 atom stereocenters. The maximum absolute atomic E-state index is 14.5. The number of carboxylic acid groups (broad SMARTS) is 2. The van der Waals surface area contributed by atoms with Crippen molar-refractivity contribution in [1.82, 2.24) is 36.9 Å². The van der Waals surface area contributed by atoms with E-state index in [2.05, 4.69) is 46.9 Å². The number of aromatic nitrogens is 1. The van der Waals surface area contributed by atoms with E-state index in [1.165, 1.54) is 0 Å². The number of aliphatic imine (C=N–C) groups is 2. The summed E-state index contributed by atoms with van der Waals surface area (Å²) in [5.41, 5.74) is 30.8. The van der Waals surface area contributed by atoms with Gasteiger partial charge in [0.2, 0.25) is 35.4 Å². The van der Waals surface area contributed by atoms with E-state index >= 15 is 0 Å². The number of carbonyl (C=O) groups is 8. The van der Waals surface area contributed by atoms with Crippen LogP contribution in [0.15, 0.2) is 101 Å². The van der Waals surface area contributed by atoms with E-state index in [-0.39, 0.29) is 70.0 Å². The maximum Gasteiger partial charge on any atom is 0.322 e. The number of aromatic amines is 1. The number of benzene rings is 3. The third-order valence-corrected chi connectivity index (χ3v) is 10.9. The average molecular weight is 983 g/mol. The van der Waals surface area contributed by atoms with Crippen LogP contribution in [0.1, 0.15) is 48.8 Å². The minimum atomic E-state index is -1.86. The first-order valence-electron chi connectivity index (χ1n) is 22.6. The second kappa shape index (κ2) is 28.1. The molecule has 4 aromatic rings. The van der Waals surface area contributed by atoms with Crippen LogP contribution in [-0.4, -0.2) is 130 Å². The molecular formula is C47H62N14O10. The molecule has 0 bridgehead atoms. The SMILES string of the molecule is NC(N)=NCCC[C@H](NC(=O)[C@H](CC(=O)O)NC(=O)[C@H](Cc1c[nH]c2ccccc12)NC(=O)[C@H](CCCN=C(N)N)NC(=O)[C@@H](N)Cc1ccccc1)C(=O)N[C@@H](Cc1ccccc1)C(=O)NCC(=O)O. The fourth-order valence-electron chi connectivity index (χ4n) is 7.33. The molecule has 71 heavy (non-hydrogen) atoms. The summed E-state index contributed by atoms with van der Waals surface area (Å²) >= 11 is 0. The molecule has 19 N–H and O–H groups in total. The van der Waals surface area contributed by atoms with Gasteiger partial charge >= 0.3 is 11.9 Å². The number of fused-ring (bicyclic) bond motifs is 1. The van der Waals surface area contributed by atoms with Crippen LogP contribution >= 0.6 is 0 Å². The van der Waals surface area contributed by atoms with Gasteiger partial charge in [0.1, 0.15) is 36.8 Å². The standard InChI is InChI=1S/C47H62N14O10/c48-31(21-27-11-3-1-4-12-27)40(66)57-33(17-9-19-53-46(49)50)42(68)60-36(23-29-25-55-32-16-8-7-15-30(29)32)44(70)61-37(24-38(62)63)45(71)58-34(18-10-20-54-47(51)52)43(69)59-35(41(67)56-26-39(64)65)22-28-13-5-2-6-14-28/h1-8,11-16,25,31,33-37,55H,9-10,17-24,26,48H2,(H,56,67)(H,57,66)(H,58,71)(H,59,69)(H,60,68)(H,61,70)(H,62,63)(H,64,65)(H4,49,50,53)(H4,51,52,54)/t31-,33-,34-,35-,36-,37-/m0/s1. The van der Waals surface area contributed by atoms with E-state index in [9.17, 15) is 48.6 Å². The number of nitrogens with zero attached hydrogens (tertiary/aromatic N) is 2. The predicted molar refractivity (Wildman–Crippen MR) is 263 cm³/mol. The van der Waals surface area contributed by atoms with Crippen molar-refractivity contribution in [3.05, 3.63) is 108 Å². The van der Waals surface area contributed by atoms with Crippen LogP contribution in [0.2, 0.25) is 0 Å². The first kappa shape index (κ1) is 55.1. The summed E-state index contributed by atoms with van der Waals surface area (Å²) < 4.78 is 0. The molecular weight excluding hydrogens is 921 g/mol. The van der Waals surface area contributed by atoms with Crippen molar-refractivity contribution in [2.75, 3.05) is 19.6 Å². The Balaban J connectivity index is 1.64. The van der Waals surface area contributed by atoms with Gasteiger partial charge in [-0.3, -0.25) is 48.3 Å². The number of carboxylic acids is 2. The van der Waals surface area contributed by atoms with Crippen LogP contribution in [-0.2, 0) is 57.6 Å². The molecule has 1 heterocycles. The van der Waals surface area contributed by atoms with Crippen molar-refractivity contribution in [2.45, 2.75) is 87.6 Å². The quantitative estimate of drug-likeness (QED) is 0.0155. The normalized spacial score (nSPS) is 13.4.